The predicted octanol–water partition coefficient (Wildman–Crippen LogP) is 3.58. The smallest absolute Gasteiger partial charge is 0.244 e. The molecule has 2 aromatic rings. The number of sulfonamides is 1. The van der Waals surface area contributed by atoms with Crippen LogP contribution in [0, 0.1) is 5.82 Å². The Morgan fingerprint density at radius 2 is 1.73 bits per heavy atom. The van der Waals surface area contributed by atoms with Crippen LogP contribution < -0.4 is 9.62 Å². The lowest BCUT2D eigenvalue weighted by Crippen LogP contribution is -2.52. The fraction of sp³-hybridized carbons (Fsp3) is 0.391. The van der Waals surface area contributed by atoms with Crippen LogP contribution in [0.25, 0.3) is 0 Å². The van der Waals surface area contributed by atoms with Crippen molar-refractivity contribution in [3.05, 3.63) is 64.9 Å². The molecular weight excluding hydrogens is 469 g/mol. The third-order valence-corrected chi connectivity index (χ3v) is 6.54. The van der Waals surface area contributed by atoms with Crippen LogP contribution in [0.1, 0.15) is 32.3 Å². The van der Waals surface area contributed by atoms with Crippen LogP contribution in [0.5, 0.6) is 0 Å². The van der Waals surface area contributed by atoms with Crippen molar-refractivity contribution in [2.24, 2.45) is 0 Å². The first-order chi connectivity index (χ1) is 15.6. The molecule has 0 aromatic heterocycles. The lowest BCUT2D eigenvalue weighted by molar-refractivity contribution is -0.140. The van der Waals surface area contributed by atoms with Gasteiger partial charge in [-0.2, -0.15) is 0 Å². The largest absolute Gasteiger partial charge is 0.354 e. The fourth-order valence-corrected chi connectivity index (χ4v) is 4.36. The molecule has 0 aliphatic rings. The molecule has 0 aliphatic carbocycles. The van der Waals surface area contributed by atoms with Crippen molar-refractivity contribution in [2.75, 3.05) is 23.7 Å². The number of carbonyl (C=O) groups is 2. The molecule has 2 aromatic carbocycles. The molecule has 33 heavy (non-hydrogen) atoms. The van der Waals surface area contributed by atoms with E-state index in [0.717, 1.165) is 29.1 Å². The molecule has 0 unspecified atom stereocenters. The molecule has 0 bridgehead atoms. The Bertz CT molecular complexity index is 1060. The minimum Gasteiger partial charge on any atom is -0.354 e. The van der Waals surface area contributed by atoms with E-state index in [0.29, 0.717) is 23.6 Å². The van der Waals surface area contributed by atoms with E-state index in [1.54, 1.807) is 31.2 Å². The normalized spacial score (nSPS) is 12.2. The fourth-order valence-electron chi connectivity index (χ4n) is 3.32. The van der Waals surface area contributed by atoms with E-state index in [9.17, 15) is 22.4 Å². The zero-order chi connectivity index (χ0) is 24.6. The summed E-state index contributed by atoms with van der Waals surface area (Å²) in [5.74, 6) is -1.44. The first kappa shape index (κ1) is 26.6. The Balaban J connectivity index is 2.42. The van der Waals surface area contributed by atoms with Crippen LogP contribution in [0.2, 0.25) is 5.02 Å². The number of benzene rings is 2. The van der Waals surface area contributed by atoms with Gasteiger partial charge in [-0.05, 0) is 48.7 Å². The summed E-state index contributed by atoms with van der Waals surface area (Å²) < 4.78 is 39.2. The SMILES string of the molecule is CCCNC(=O)[C@@H](CC)N(Cc1ccccc1Cl)C(=O)CN(c1ccc(F)cc1)S(C)(=O)=O. The molecule has 0 saturated carbocycles. The van der Waals surface area contributed by atoms with Gasteiger partial charge in [-0.15, -0.1) is 0 Å². The van der Waals surface area contributed by atoms with Gasteiger partial charge in [-0.1, -0.05) is 43.6 Å². The number of anilines is 1. The van der Waals surface area contributed by atoms with Crippen molar-refractivity contribution >= 4 is 39.1 Å². The molecular formula is C23H29ClFN3O4S. The number of hydrogen-bond acceptors (Lipinski definition) is 4. The molecule has 1 atom stereocenters. The quantitative estimate of drug-likeness (QED) is 0.514. The van der Waals surface area contributed by atoms with Gasteiger partial charge in [0.15, 0.2) is 0 Å². The number of nitrogens with one attached hydrogen (secondary N) is 1. The Labute approximate surface area is 199 Å². The molecule has 0 fully saturated rings. The summed E-state index contributed by atoms with van der Waals surface area (Å²) >= 11 is 6.29. The maximum Gasteiger partial charge on any atom is 0.244 e. The van der Waals surface area contributed by atoms with Crippen molar-refractivity contribution in [3.63, 3.8) is 0 Å². The van der Waals surface area contributed by atoms with E-state index in [-0.39, 0.29) is 18.1 Å². The zero-order valence-electron chi connectivity index (χ0n) is 18.9. The summed E-state index contributed by atoms with van der Waals surface area (Å²) in [7, 11) is -3.87. The van der Waals surface area contributed by atoms with E-state index in [1.165, 1.54) is 17.0 Å². The standard InChI is InChI=1S/C23H29ClFN3O4S/c1-4-14-26-23(30)21(5-2)27(15-17-8-6-7-9-20(17)24)22(29)16-28(33(3,31)32)19-12-10-18(25)11-13-19/h6-13,21H,4-5,14-16H2,1-3H3,(H,26,30)/t21-/m1/s1. The van der Waals surface area contributed by atoms with Crippen molar-refractivity contribution < 1.29 is 22.4 Å². The Hall–Kier alpha value is -2.65. The van der Waals surface area contributed by atoms with Gasteiger partial charge in [-0.3, -0.25) is 13.9 Å². The zero-order valence-corrected chi connectivity index (χ0v) is 20.5. The molecule has 180 valence electrons. The third-order valence-electron chi connectivity index (χ3n) is 5.03. The second-order valence-electron chi connectivity index (χ2n) is 7.57. The van der Waals surface area contributed by atoms with Gasteiger partial charge in [0.2, 0.25) is 21.8 Å². The molecule has 2 amide bonds. The Kier molecular flexibility index (Phi) is 9.67. The Morgan fingerprint density at radius 3 is 2.27 bits per heavy atom. The number of halogens is 2. The van der Waals surface area contributed by atoms with Crippen molar-refractivity contribution in [3.8, 4) is 0 Å². The van der Waals surface area contributed by atoms with E-state index < -0.39 is 34.3 Å². The molecule has 0 aliphatic heterocycles. The number of hydrogen-bond donors (Lipinski definition) is 1. The summed E-state index contributed by atoms with van der Waals surface area (Å²) in [5.41, 5.74) is 0.773. The minimum absolute atomic E-state index is 0.0254. The molecule has 0 saturated heterocycles. The monoisotopic (exact) mass is 497 g/mol. The van der Waals surface area contributed by atoms with Crippen LogP contribution in [-0.4, -0.2) is 50.5 Å². The highest BCUT2D eigenvalue weighted by Gasteiger charge is 2.31. The highest BCUT2D eigenvalue weighted by atomic mass is 35.5. The molecule has 7 nitrogen and oxygen atoms in total. The van der Waals surface area contributed by atoms with Gasteiger partial charge < -0.3 is 10.2 Å². The van der Waals surface area contributed by atoms with Crippen LogP contribution in [0.15, 0.2) is 48.5 Å². The van der Waals surface area contributed by atoms with Crippen molar-refractivity contribution in [2.45, 2.75) is 39.3 Å². The predicted molar refractivity (Wildman–Crippen MR) is 128 cm³/mol. The minimum atomic E-state index is -3.87. The summed E-state index contributed by atoms with van der Waals surface area (Å²) in [4.78, 5) is 27.6. The van der Waals surface area contributed by atoms with Crippen LogP contribution in [-0.2, 0) is 26.2 Å². The van der Waals surface area contributed by atoms with Crippen molar-refractivity contribution in [1.29, 1.82) is 0 Å². The first-order valence-corrected chi connectivity index (χ1v) is 12.8. The van der Waals surface area contributed by atoms with Crippen LogP contribution in [0.3, 0.4) is 0 Å². The molecule has 0 radical (unpaired) electrons. The van der Waals surface area contributed by atoms with Gasteiger partial charge in [0.25, 0.3) is 0 Å². The number of carbonyl (C=O) groups excluding carboxylic acids is 2. The van der Waals surface area contributed by atoms with Crippen LogP contribution >= 0.6 is 11.6 Å². The number of nitrogens with zero attached hydrogens (tertiary/aromatic N) is 2. The van der Waals surface area contributed by atoms with Crippen molar-refractivity contribution in [1.82, 2.24) is 10.2 Å². The maximum atomic E-state index is 13.5. The molecule has 1 N–H and O–H groups in total. The second-order valence-corrected chi connectivity index (χ2v) is 9.89. The number of rotatable bonds is 11. The molecule has 0 heterocycles. The highest BCUT2D eigenvalue weighted by Crippen LogP contribution is 2.22. The van der Waals surface area contributed by atoms with Gasteiger partial charge in [0, 0.05) is 18.1 Å². The summed E-state index contributed by atoms with van der Waals surface area (Å²) in [6.45, 7) is 3.62. The van der Waals surface area contributed by atoms with E-state index in [4.69, 9.17) is 11.6 Å². The molecule has 0 spiro atoms. The molecule has 2 rings (SSSR count). The van der Waals surface area contributed by atoms with Gasteiger partial charge in [-0.25, -0.2) is 12.8 Å². The molecule has 10 heteroatoms. The average molecular weight is 498 g/mol. The Morgan fingerprint density at radius 1 is 1.09 bits per heavy atom. The first-order valence-electron chi connectivity index (χ1n) is 10.6. The van der Waals surface area contributed by atoms with Gasteiger partial charge in [0.1, 0.15) is 18.4 Å². The lowest BCUT2D eigenvalue weighted by Gasteiger charge is -2.33. The van der Waals surface area contributed by atoms with Gasteiger partial charge >= 0.3 is 0 Å². The average Bonchev–Trinajstić information content (AvgIpc) is 2.77. The highest BCUT2D eigenvalue weighted by molar-refractivity contribution is 7.92. The second kappa shape index (κ2) is 12.0. The summed E-state index contributed by atoms with van der Waals surface area (Å²) in [6.07, 6.45) is 2.02. The maximum absolute atomic E-state index is 13.5. The van der Waals surface area contributed by atoms with E-state index >= 15 is 0 Å². The van der Waals surface area contributed by atoms with Crippen LogP contribution in [0.4, 0.5) is 10.1 Å². The topological polar surface area (TPSA) is 86.8 Å². The number of amides is 2. The summed E-state index contributed by atoms with van der Waals surface area (Å²) in [6, 6.07) is 10.9. The van der Waals surface area contributed by atoms with E-state index in [1.807, 2.05) is 6.92 Å². The van der Waals surface area contributed by atoms with E-state index in [2.05, 4.69) is 5.32 Å². The lowest BCUT2D eigenvalue weighted by atomic mass is 10.1. The third kappa shape index (κ3) is 7.43. The summed E-state index contributed by atoms with van der Waals surface area (Å²) in [5, 5.41) is 3.23. The van der Waals surface area contributed by atoms with Gasteiger partial charge in [0.05, 0.1) is 11.9 Å².